The fourth-order valence-corrected chi connectivity index (χ4v) is 4.14. The number of thioether (sulfide) groups is 1. The van der Waals surface area contributed by atoms with Crippen molar-refractivity contribution in [2.24, 2.45) is 5.92 Å². The standard InChI is InChI=1S/C24H29N3O3S/c1-5-29-23(28)22(17(2)3)31-24-26-25-21(16-30-20-14-10-9-11-18(20)4)27(24)15-19-12-7-6-8-13-19/h6-14,17,22H,5,15-16H2,1-4H3/t22-/m0/s1. The van der Waals surface area contributed by atoms with Crippen molar-refractivity contribution >= 4 is 17.7 Å². The van der Waals surface area contributed by atoms with Crippen LogP contribution in [0.2, 0.25) is 0 Å². The van der Waals surface area contributed by atoms with Crippen LogP contribution in [-0.4, -0.2) is 32.6 Å². The highest BCUT2D eigenvalue weighted by Crippen LogP contribution is 2.29. The largest absolute Gasteiger partial charge is 0.485 e. The molecule has 0 aliphatic heterocycles. The molecule has 3 rings (SSSR count). The maximum atomic E-state index is 12.5. The lowest BCUT2D eigenvalue weighted by Crippen LogP contribution is -2.26. The van der Waals surface area contributed by atoms with E-state index in [0.717, 1.165) is 16.9 Å². The van der Waals surface area contributed by atoms with Gasteiger partial charge in [0.1, 0.15) is 17.6 Å². The highest BCUT2D eigenvalue weighted by atomic mass is 32.2. The lowest BCUT2D eigenvalue weighted by atomic mass is 10.1. The van der Waals surface area contributed by atoms with Crippen molar-refractivity contribution < 1.29 is 14.3 Å². The van der Waals surface area contributed by atoms with E-state index in [2.05, 4.69) is 22.3 Å². The van der Waals surface area contributed by atoms with E-state index in [9.17, 15) is 4.79 Å². The highest BCUT2D eigenvalue weighted by molar-refractivity contribution is 8.00. The monoisotopic (exact) mass is 439 g/mol. The molecule has 0 saturated carbocycles. The molecule has 0 amide bonds. The predicted molar refractivity (Wildman–Crippen MR) is 122 cm³/mol. The summed E-state index contributed by atoms with van der Waals surface area (Å²) in [4.78, 5) is 12.5. The summed E-state index contributed by atoms with van der Waals surface area (Å²) in [6.45, 7) is 9.09. The molecule has 0 saturated heterocycles. The number of carbonyl (C=O) groups is 1. The molecular weight excluding hydrogens is 410 g/mol. The van der Waals surface area contributed by atoms with Crippen LogP contribution in [0.4, 0.5) is 0 Å². The Morgan fingerprint density at radius 1 is 1.06 bits per heavy atom. The molecule has 7 heteroatoms. The third-order valence-corrected chi connectivity index (χ3v) is 6.29. The van der Waals surface area contributed by atoms with Gasteiger partial charge < -0.3 is 9.47 Å². The van der Waals surface area contributed by atoms with Gasteiger partial charge in [0.25, 0.3) is 0 Å². The quantitative estimate of drug-likeness (QED) is 0.331. The molecule has 0 bridgehead atoms. The minimum absolute atomic E-state index is 0.0950. The first kappa shape index (κ1) is 22.9. The highest BCUT2D eigenvalue weighted by Gasteiger charge is 2.28. The van der Waals surface area contributed by atoms with Gasteiger partial charge in [-0.25, -0.2) is 0 Å². The number of aryl methyl sites for hydroxylation is 1. The molecule has 0 fully saturated rings. The second-order valence-electron chi connectivity index (χ2n) is 7.56. The van der Waals surface area contributed by atoms with Gasteiger partial charge in [-0.3, -0.25) is 9.36 Å². The van der Waals surface area contributed by atoms with Crippen LogP contribution in [0, 0.1) is 12.8 Å². The Hall–Kier alpha value is -2.80. The summed E-state index contributed by atoms with van der Waals surface area (Å²) < 4.78 is 13.3. The van der Waals surface area contributed by atoms with E-state index < -0.39 is 0 Å². The summed E-state index contributed by atoms with van der Waals surface area (Å²) in [5.74, 6) is 1.39. The summed E-state index contributed by atoms with van der Waals surface area (Å²) in [6, 6.07) is 18.0. The first-order valence-electron chi connectivity index (χ1n) is 10.5. The van der Waals surface area contributed by atoms with E-state index >= 15 is 0 Å². The van der Waals surface area contributed by atoms with Crippen LogP contribution in [0.1, 0.15) is 37.7 Å². The molecule has 0 N–H and O–H groups in total. The van der Waals surface area contributed by atoms with Crippen LogP contribution in [0.5, 0.6) is 5.75 Å². The van der Waals surface area contributed by atoms with Crippen molar-refractivity contribution in [1.82, 2.24) is 14.8 Å². The van der Waals surface area contributed by atoms with Crippen LogP contribution in [0.3, 0.4) is 0 Å². The summed E-state index contributed by atoms with van der Waals surface area (Å²) >= 11 is 1.40. The van der Waals surface area contributed by atoms with Crippen molar-refractivity contribution in [2.45, 2.75) is 51.3 Å². The summed E-state index contributed by atoms with van der Waals surface area (Å²) in [7, 11) is 0. The smallest absolute Gasteiger partial charge is 0.319 e. The number of aromatic nitrogens is 3. The Morgan fingerprint density at radius 2 is 1.77 bits per heavy atom. The number of hydrogen-bond donors (Lipinski definition) is 0. The van der Waals surface area contributed by atoms with Gasteiger partial charge >= 0.3 is 5.97 Å². The van der Waals surface area contributed by atoms with Crippen LogP contribution >= 0.6 is 11.8 Å². The third kappa shape index (κ3) is 6.10. The summed E-state index contributed by atoms with van der Waals surface area (Å²) in [5.41, 5.74) is 2.19. The molecule has 0 aliphatic carbocycles. The molecule has 0 radical (unpaired) electrons. The van der Waals surface area contributed by atoms with Gasteiger partial charge in [-0.2, -0.15) is 0 Å². The number of esters is 1. The summed E-state index contributed by atoms with van der Waals surface area (Å²) in [5, 5.41) is 9.11. The Bertz CT molecular complexity index is 989. The number of carbonyl (C=O) groups excluding carboxylic acids is 1. The second-order valence-corrected chi connectivity index (χ2v) is 8.67. The molecule has 0 spiro atoms. The topological polar surface area (TPSA) is 66.2 Å². The van der Waals surface area contributed by atoms with Crippen molar-refractivity contribution in [1.29, 1.82) is 0 Å². The van der Waals surface area contributed by atoms with Gasteiger partial charge in [-0.15, -0.1) is 10.2 Å². The Kier molecular flexibility index (Phi) is 8.12. The predicted octanol–water partition coefficient (Wildman–Crippen LogP) is 4.89. The normalized spacial score (nSPS) is 12.0. The maximum Gasteiger partial charge on any atom is 0.319 e. The Labute approximate surface area is 188 Å². The first-order valence-corrected chi connectivity index (χ1v) is 11.3. The van der Waals surface area contributed by atoms with Crippen LogP contribution < -0.4 is 4.74 Å². The van der Waals surface area contributed by atoms with Crippen molar-refractivity contribution in [3.8, 4) is 5.75 Å². The minimum atomic E-state index is -0.358. The lowest BCUT2D eigenvalue weighted by Gasteiger charge is -2.19. The molecular formula is C24H29N3O3S. The number of hydrogen-bond acceptors (Lipinski definition) is 6. The minimum Gasteiger partial charge on any atom is -0.485 e. The van der Waals surface area contributed by atoms with Crippen molar-refractivity contribution in [2.75, 3.05) is 6.61 Å². The SMILES string of the molecule is CCOC(=O)[C@@H](Sc1nnc(COc2ccccc2C)n1Cc1ccccc1)C(C)C. The van der Waals surface area contributed by atoms with E-state index in [-0.39, 0.29) is 23.7 Å². The number of para-hydroxylation sites is 1. The number of rotatable bonds is 10. The molecule has 1 heterocycles. The molecule has 1 atom stereocenters. The zero-order valence-corrected chi connectivity index (χ0v) is 19.3. The van der Waals surface area contributed by atoms with E-state index in [1.54, 1.807) is 0 Å². The fourth-order valence-electron chi connectivity index (χ4n) is 3.09. The molecule has 6 nitrogen and oxygen atoms in total. The maximum absolute atomic E-state index is 12.5. The third-order valence-electron chi connectivity index (χ3n) is 4.78. The van der Waals surface area contributed by atoms with Gasteiger partial charge in [0.2, 0.25) is 0 Å². The lowest BCUT2D eigenvalue weighted by molar-refractivity contribution is -0.143. The molecule has 164 valence electrons. The number of nitrogens with zero attached hydrogens (tertiary/aromatic N) is 3. The number of benzene rings is 2. The average molecular weight is 440 g/mol. The van der Waals surface area contributed by atoms with E-state index in [1.165, 1.54) is 11.8 Å². The molecule has 1 aromatic heterocycles. The molecule has 2 aromatic carbocycles. The van der Waals surface area contributed by atoms with E-state index in [0.29, 0.717) is 24.1 Å². The zero-order chi connectivity index (χ0) is 22.2. The zero-order valence-electron chi connectivity index (χ0n) is 18.4. The van der Waals surface area contributed by atoms with Crippen molar-refractivity contribution in [3.63, 3.8) is 0 Å². The van der Waals surface area contributed by atoms with Gasteiger partial charge in [0.15, 0.2) is 11.0 Å². The Balaban J connectivity index is 1.87. The summed E-state index contributed by atoms with van der Waals surface area (Å²) in [6.07, 6.45) is 0. The molecule has 0 aliphatic rings. The van der Waals surface area contributed by atoms with Gasteiger partial charge in [0.05, 0.1) is 13.2 Å². The van der Waals surface area contributed by atoms with Gasteiger partial charge in [0, 0.05) is 0 Å². The molecule has 3 aromatic rings. The first-order chi connectivity index (χ1) is 15.0. The van der Waals surface area contributed by atoms with Gasteiger partial charge in [-0.05, 0) is 37.0 Å². The average Bonchev–Trinajstić information content (AvgIpc) is 3.13. The van der Waals surface area contributed by atoms with Gasteiger partial charge in [-0.1, -0.05) is 74.1 Å². The Morgan fingerprint density at radius 3 is 2.45 bits per heavy atom. The van der Waals surface area contributed by atoms with Crippen LogP contribution in [0.15, 0.2) is 59.8 Å². The van der Waals surface area contributed by atoms with Crippen LogP contribution in [0.25, 0.3) is 0 Å². The molecule has 31 heavy (non-hydrogen) atoms. The van der Waals surface area contributed by atoms with E-state index in [1.807, 2.05) is 74.7 Å². The number of ether oxygens (including phenoxy) is 2. The van der Waals surface area contributed by atoms with Crippen LogP contribution in [-0.2, 0) is 22.7 Å². The fraction of sp³-hybridized carbons (Fsp3) is 0.375. The molecule has 0 unspecified atom stereocenters. The van der Waals surface area contributed by atoms with Crippen molar-refractivity contribution in [3.05, 3.63) is 71.5 Å². The second kappa shape index (κ2) is 11.0. The van der Waals surface area contributed by atoms with E-state index in [4.69, 9.17) is 9.47 Å².